The maximum absolute atomic E-state index is 13.1. The quantitative estimate of drug-likeness (QED) is 0.151. The highest BCUT2D eigenvalue weighted by atomic mass is 16.6. The first-order valence-electron chi connectivity index (χ1n) is 12.6. The lowest BCUT2D eigenvalue weighted by atomic mass is 9.96. The lowest BCUT2D eigenvalue weighted by molar-refractivity contribution is -0.111. The van der Waals surface area contributed by atoms with E-state index in [2.05, 4.69) is 10.6 Å². The predicted molar refractivity (Wildman–Crippen MR) is 154 cm³/mol. The molecule has 0 heterocycles. The van der Waals surface area contributed by atoms with Gasteiger partial charge in [0.2, 0.25) is 5.91 Å². The summed E-state index contributed by atoms with van der Waals surface area (Å²) in [5.74, 6) is -0.230. The van der Waals surface area contributed by atoms with Crippen LogP contribution < -0.4 is 21.1 Å². The Kier molecular flexibility index (Phi) is 9.16. The molecule has 0 radical (unpaired) electrons. The number of benzene rings is 4. The van der Waals surface area contributed by atoms with E-state index >= 15 is 0 Å². The van der Waals surface area contributed by atoms with Crippen molar-refractivity contribution in [3.63, 3.8) is 0 Å². The van der Waals surface area contributed by atoms with Crippen LogP contribution in [0.5, 0.6) is 5.75 Å². The molecule has 8 nitrogen and oxygen atoms in total. The molecule has 4 aromatic rings. The van der Waals surface area contributed by atoms with Gasteiger partial charge in [-0.1, -0.05) is 73.7 Å². The molecular formula is C31H31N3O5. The van der Waals surface area contributed by atoms with E-state index < -0.39 is 18.1 Å². The third kappa shape index (κ3) is 7.37. The number of anilines is 3. The number of rotatable bonds is 10. The third-order valence-electron chi connectivity index (χ3n) is 6.05. The minimum Gasteiger partial charge on any atom is -0.491 e. The molecule has 0 aliphatic carbocycles. The number of para-hydroxylation sites is 2. The second kappa shape index (κ2) is 13.1. The number of nitrogens with one attached hydrogen (secondary N) is 2. The van der Waals surface area contributed by atoms with Crippen molar-refractivity contribution in [3.8, 4) is 5.75 Å². The van der Waals surface area contributed by atoms with Crippen LogP contribution in [0, 0.1) is 5.92 Å². The van der Waals surface area contributed by atoms with Crippen LogP contribution >= 0.6 is 0 Å². The van der Waals surface area contributed by atoms with Gasteiger partial charge in [-0.05, 0) is 47.4 Å². The van der Waals surface area contributed by atoms with Crippen molar-refractivity contribution >= 4 is 39.8 Å². The van der Waals surface area contributed by atoms with Gasteiger partial charge in [0.25, 0.3) is 0 Å². The molecule has 0 bridgehead atoms. The SMILES string of the molecule is C[C@H](/C=C/C(=O)Nc1ccccc1N)[C@H](OC(=O)Nc1cccc2ccccc12)c1cccc(OCCO)c1. The Morgan fingerprint density at radius 3 is 2.46 bits per heavy atom. The average molecular weight is 526 g/mol. The van der Waals surface area contributed by atoms with E-state index in [-0.39, 0.29) is 19.1 Å². The number of carbonyl (C=O) groups excluding carboxylic acids is 2. The molecule has 0 fully saturated rings. The number of aliphatic hydroxyl groups excluding tert-OH is 1. The molecule has 2 amide bonds. The zero-order chi connectivity index (χ0) is 27.6. The first-order chi connectivity index (χ1) is 18.9. The molecule has 8 heteroatoms. The number of fused-ring (bicyclic) bond motifs is 1. The minimum absolute atomic E-state index is 0.127. The van der Waals surface area contributed by atoms with Crippen molar-refractivity contribution in [2.45, 2.75) is 13.0 Å². The first-order valence-corrected chi connectivity index (χ1v) is 12.6. The Bertz CT molecular complexity index is 1460. The molecule has 0 aliphatic rings. The first kappa shape index (κ1) is 27.2. The van der Waals surface area contributed by atoms with Crippen molar-refractivity contribution < 1.29 is 24.2 Å². The van der Waals surface area contributed by atoms with Crippen LogP contribution in [0.1, 0.15) is 18.6 Å². The highest BCUT2D eigenvalue weighted by Gasteiger charge is 2.23. The Hall–Kier alpha value is -4.82. The van der Waals surface area contributed by atoms with E-state index in [1.807, 2.05) is 55.5 Å². The summed E-state index contributed by atoms with van der Waals surface area (Å²) >= 11 is 0. The predicted octanol–water partition coefficient (Wildman–Crippen LogP) is 5.91. The molecule has 4 aromatic carbocycles. The molecule has 0 unspecified atom stereocenters. The summed E-state index contributed by atoms with van der Waals surface area (Å²) < 4.78 is 11.5. The monoisotopic (exact) mass is 525 g/mol. The average Bonchev–Trinajstić information content (AvgIpc) is 2.95. The van der Waals surface area contributed by atoms with E-state index in [1.165, 1.54) is 6.08 Å². The molecule has 0 aromatic heterocycles. The minimum atomic E-state index is -0.747. The van der Waals surface area contributed by atoms with Gasteiger partial charge >= 0.3 is 6.09 Å². The fraction of sp³-hybridized carbons (Fsp3) is 0.161. The Morgan fingerprint density at radius 2 is 1.64 bits per heavy atom. The van der Waals surface area contributed by atoms with Crippen molar-refractivity contribution in [1.29, 1.82) is 0 Å². The van der Waals surface area contributed by atoms with E-state index in [4.69, 9.17) is 20.3 Å². The maximum Gasteiger partial charge on any atom is 0.412 e. The van der Waals surface area contributed by atoms with Gasteiger partial charge in [-0.3, -0.25) is 10.1 Å². The molecule has 2 atom stereocenters. The number of hydrogen-bond acceptors (Lipinski definition) is 6. The maximum atomic E-state index is 13.1. The van der Waals surface area contributed by atoms with Crippen LogP contribution in [0.4, 0.5) is 21.9 Å². The zero-order valence-electron chi connectivity index (χ0n) is 21.5. The van der Waals surface area contributed by atoms with E-state index in [0.717, 1.165) is 10.8 Å². The van der Waals surface area contributed by atoms with Crippen LogP contribution in [-0.2, 0) is 9.53 Å². The fourth-order valence-corrected chi connectivity index (χ4v) is 4.14. The molecule has 200 valence electrons. The number of carbonyl (C=O) groups is 2. The molecule has 0 aliphatic heterocycles. The van der Waals surface area contributed by atoms with Gasteiger partial charge in [-0.2, -0.15) is 0 Å². The van der Waals surface area contributed by atoms with E-state index in [0.29, 0.717) is 28.4 Å². The van der Waals surface area contributed by atoms with Crippen molar-refractivity contribution in [1.82, 2.24) is 0 Å². The summed E-state index contributed by atoms with van der Waals surface area (Å²) in [6, 6.07) is 27.4. The number of hydrogen-bond donors (Lipinski definition) is 4. The summed E-state index contributed by atoms with van der Waals surface area (Å²) in [5, 5.41) is 16.6. The Labute approximate surface area is 227 Å². The van der Waals surface area contributed by atoms with Gasteiger partial charge in [0.05, 0.1) is 23.7 Å². The normalized spacial score (nSPS) is 12.6. The number of nitrogens with two attached hydrogens (primary N) is 1. The van der Waals surface area contributed by atoms with Gasteiger partial charge in [0, 0.05) is 11.3 Å². The van der Waals surface area contributed by atoms with Crippen LogP contribution in [0.15, 0.2) is 103 Å². The standard InChI is InChI=1S/C31H31N3O5/c1-21(16-17-29(36)33-28-14-5-4-13-26(28)32)30(23-10-6-11-24(20-23)38-19-18-35)39-31(37)34-27-15-7-9-22-8-2-3-12-25(22)27/h2-17,20-21,30,35H,18-19,32H2,1H3,(H,33,36)(H,34,37)/b17-16+/t21-,30+/m1/s1. The smallest absolute Gasteiger partial charge is 0.412 e. The molecule has 5 N–H and O–H groups in total. The number of amides is 2. The van der Waals surface area contributed by atoms with Crippen molar-refractivity contribution in [2.75, 3.05) is 29.6 Å². The van der Waals surface area contributed by atoms with Crippen LogP contribution in [0.2, 0.25) is 0 Å². The van der Waals surface area contributed by atoms with Gasteiger partial charge in [-0.15, -0.1) is 0 Å². The Balaban J connectivity index is 1.54. The van der Waals surface area contributed by atoms with Crippen LogP contribution in [0.25, 0.3) is 10.8 Å². The van der Waals surface area contributed by atoms with Crippen molar-refractivity contribution in [2.24, 2.45) is 5.92 Å². The summed E-state index contributed by atoms with van der Waals surface area (Å²) in [6.07, 6.45) is 1.68. The second-order valence-electron chi connectivity index (χ2n) is 8.92. The van der Waals surface area contributed by atoms with Crippen LogP contribution in [-0.4, -0.2) is 30.3 Å². The molecule has 4 rings (SSSR count). The Morgan fingerprint density at radius 1 is 0.923 bits per heavy atom. The number of nitrogen functional groups attached to an aromatic ring is 1. The second-order valence-corrected chi connectivity index (χ2v) is 8.92. The van der Waals surface area contributed by atoms with Crippen LogP contribution in [0.3, 0.4) is 0 Å². The van der Waals surface area contributed by atoms with Gasteiger partial charge < -0.3 is 25.6 Å². The zero-order valence-corrected chi connectivity index (χ0v) is 21.5. The van der Waals surface area contributed by atoms with Crippen molar-refractivity contribution in [3.05, 3.63) is 109 Å². The third-order valence-corrected chi connectivity index (χ3v) is 6.05. The fourth-order valence-electron chi connectivity index (χ4n) is 4.14. The lowest BCUT2D eigenvalue weighted by Gasteiger charge is -2.23. The summed E-state index contributed by atoms with van der Waals surface area (Å²) in [7, 11) is 0. The molecule has 0 spiro atoms. The number of aliphatic hydroxyl groups is 1. The van der Waals surface area contributed by atoms with Gasteiger partial charge in [-0.25, -0.2) is 4.79 Å². The molecule has 0 saturated carbocycles. The lowest BCUT2D eigenvalue weighted by Crippen LogP contribution is -2.21. The van der Waals surface area contributed by atoms with E-state index in [1.54, 1.807) is 48.5 Å². The van der Waals surface area contributed by atoms with Gasteiger partial charge in [0.1, 0.15) is 18.5 Å². The highest BCUT2D eigenvalue weighted by Crippen LogP contribution is 2.31. The topological polar surface area (TPSA) is 123 Å². The van der Waals surface area contributed by atoms with Gasteiger partial charge in [0.15, 0.2) is 0 Å². The molecule has 39 heavy (non-hydrogen) atoms. The number of ether oxygens (including phenoxy) is 2. The molecule has 0 saturated heterocycles. The summed E-state index contributed by atoms with van der Waals surface area (Å²) in [5.41, 5.74) is 8.18. The molecular weight excluding hydrogens is 494 g/mol. The summed E-state index contributed by atoms with van der Waals surface area (Å²) in [6.45, 7) is 1.85. The summed E-state index contributed by atoms with van der Waals surface area (Å²) in [4.78, 5) is 25.7. The van der Waals surface area contributed by atoms with E-state index in [9.17, 15) is 9.59 Å². The largest absolute Gasteiger partial charge is 0.491 e. The highest BCUT2D eigenvalue weighted by molar-refractivity contribution is 6.01.